The lowest BCUT2D eigenvalue weighted by molar-refractivity contribution is 0.326. The zero-order valence-corrected chi connectivity index (χ0v) is 14.0. The van der Waals surface area contributed by atoms with Crippen molar-refractivity contribution in [2.75, 3.05) is 12.8 Å². The van der Waals surface area contributed by atoms with Gasteiger partial charge in [-0.25, -0.2) is 0 Å². The van der Waals surface area contributed by atoms with Crippen molar-refractivity contribution in [2.45, 2.75) is 43.4 Å². The van der Waals surface area contributed by atoms with Gasteiger partial charge in [-0.15, -0.1) is 0 Å². The van der Waals surface area contributed by atoms with Crippen molar-refractivity contribution in [2.24, 2.45) is 0 Å². The highest BCUT2D eigenvalue weighted by atomic mass is 79.9. The first kappa shape index (κ1) is 15.2. The van der Waals surface area contributed by atoms with Crippen LogP contribution in [0.5, 0.6) is 5.75 Å². The van der Waals surface area contributed by atoms with Crippen molar-refractivity contribution < 1.29 is 5.11 Å². The largest absolute Gasteiger partial charge is 0.508 e. The van der Waals surface area contributed by atoms with E-state index in [1.54, 1.807) is 6.07 Å². The number of phenolic OH excluding ortho intramolecular Hbond substituents is 1. The molecule has 0 aromatic heterocycles. The first-order valence-electron chi connectivity index (χ1n) is 6.87. The maximum absolute atomic E-state index is 10.0. The third-order valence-electron chi connectivity index (χ3n) is 4.14. The lowest BCUT2D eigenvalue weighted by Gasteiger charge is -2.41. The summed E-state index contributed by atoms with van der Waals surface area (Å²) >= 11 is 5.46. The summed E-state index contributed by atoms with van der Waals surface area (Å²) in [6.07, 6.45) is 7.15. The Morgan fingerprint density at radius 1 is 1.47 bits per heavy atom. The number of phenols is 1. The highest BCUT2D eigenvalue weighted by Gasteiger charge is 2.36. The summed E-state index contributed by atoms with van der Waals surface area (Å²) in [7, 11) is 0. The van der Waals surface area contributed by atoms with E-state index in [0.29, 0.717) is 10.5 Å². The normalized spacial score (nSPS) is 18.9. The van der Waals surface area contributed by atoms with Crippen LogP contribution >= 0.6 is 27.7 Å². The fraction of sp³-hybridized carbons (Fsp3) is 0.600. The Balaban J connectivity index is 2.05. The van der Waals surface area contributed by atoms with E-state index in [1.165, 1.54) is 19.3 Å². The van der Waals surface area contributed by atoms with Gasteiger partial charge >= 0.3 is 0 Å². The van der Waals surface area contributed by atoms with E-state index in [4.69, 9.17) is 0 Å². The molecule has 1 fully saturated rings. The van der Waals surface area contributed by atoms with Crippen molar-refractivity contribution >= 4 is 27.7 Å². The maximum atomic E-state index is 10.0. The average molecular weight is 344 g/mol. The van der Waals surface area contributed by atoms with Crippen molar-refractivity contribution in [3.05, 3.63) is 28.2 Å². The zero-order chi connectivity index (χ0) is 13.9. The first-order valence-corrected chi connectivity index (χ1v) is 8.89. The number of halogens is 1. The first-order chi connectivity index (χ1) is 9.10. The molecule has 0 aliphatic heterocycles. The fourth-order valence-corrected chi connectivity index (χ4v) is 3.92. The van der Waals surface area contributed by atoms with Crippen LogP contribution in [0.2, 0.25) is 0 Å². The molecule has 19 heavy (non-hydrogen) atoms. The Hall–Kier alpha value is -0.190. The lowest BCUT2D eigenvalue weighted by Crippen LogP contribution is -2.44. The van der Waals surface area contributed by atoms with Gasteiger partial charge < -0.3 is 10.4 Å². The number of benzene rings is 1. The van der Waals surface area contributed by atoms with Crippen LogP contribution in [0.1, 0.15) is 44.2 Å². The summed E-state index contributed by atoms with van der Waals surface area (Å²) in [5.74, 6) is 0.384. The van der Waals surface area contributed by atoms with Gasteiger partial charge in [0.1, 0.15) is 5.75 Å². The quantitative estimate of drug-likeness (QED) is 0.798. The number of hydrogen-bond acceptors (Lipinski definition) is 3. The van der Waals surface area contributed by atoms with E-state index in [-0.39, 0.29) is 6.04 Å². The van der Waals surface area contributed by atoms with Crippen LogP contribution in [-0.4, -0.2) is 22.7 Å². The molecule has 0 bridgehead atoms. The molecule has 0 spiro atoms. The van der Waals surface area contributed by atoms with Gasteiger partial charge in [-0.3, -0.25) is 0 Å². The monoisotopic (exact) mass is 343 g/mol. The van der Waals surface area contributed by atoms with Crippen LogP contribution in [0.4, 0.5) is 0 Å². The van der Waals surface area contributed by atoms with E-state index >= 15 is 0 Å². The Labute approximate surface area is 128 Å². The van der Waals surface area contributed by atoms with E-state index < -0.39 is 0 Å². The molecule has 1 aromatic rings. The van der Waals surface area contributed by atoms with Crippen LogP contribution < -0.4 is 5.32 Å². The predicted octanol–water partition coefficient (Wildman–Crippen LogP) is 4.48. The van der Waals surface area contributed by atoms with Crippen LogP contribution in [-0.2, 0) is 0 Å². The summed E-state index contributed by atoms with van der Waals surface area (Å²) in [6, 6.07) is 5.88. The summed E-state index contributed by atoms with van der Waals surface area (Å²) in [5, 5.41) is 13.7. The molecule has 1 aromatic carbocycles. The summed E-state index contributed by atoms with van der Waals surface area (Å²) in [4.78, 5) is 0. The fourth-order valence-electron chi connectivity index (χ4n) is 2.61. The summed E-state index contributed by atoms with van der Waals surface area (Å²) in [6.45, 7) is 3.18. The average Bonchev–Trinajstić information content (AvgIpc) is 2.36. The van der Waals surface area contributed by atoms with E-state index in [2.05, 4.69) is 34.4 Å². The van der Waals surface area contributed by atoms with Crippen molar-refractivity contribution in [3.8, 4) is 5.75 Å². The van der Waals surface area contributed by atoms with Gasteiger partial charge in [0, 0.05) is 27.4 Å². The number of hydrogen-bond donors (Lipinski definition) is 2. The molecule has 106 valence electrons. The van der Waals surface area contributed by atoms with Crippen molar-refractivity contribution in [1.29, 1.82) is 0 Å². The van der Waals surface area contributed by atoms with Crippen LogP contribution in [0.25, 0.3) is 0 Å². The molecule has 2 rings (SSSR count). The molecule has 0 saturated heterocycles. The van der Waals surface area contributed by atoms with Crippen LogP contribution in [0, 0.1) is 0 Å². The van der Waals surface area contributed by atoms with E-state index in [9.17, 15) is 5.11 Å². The van der Waals surface area contributed by atoms with Gasteiger partial charge in [-0.2, -0.15) is 11.8 Å². The van der Waals surface area contributed by atoms with E-state index in [1.807, 2.05) is 23.9 Å². The number of aromatic hydroxyl groups is 1. The topological polar surface area (TPSA) is 32.3 Å². The summed E-state index contributed by atoms with van der Waals surface area (Å²) in [5.41, 5.74) is 0.993. The minimum atomic E-state index is 0.224. The van der Waals surface area contributed by atoms with Gasteiger partial charge in [0.05, 0.1) is 0 Å². The molecule has 1 aliphatic carbocycles. The van der Waals surface area contributed by atoms with E-state index in [0.717, 1.165) is 23.0 Å². The second-order valence-corrected chi connectivity index (χ2v) is 7.48. The Morgan fingerprint density at radius 3 is 2.74 bits per heavy atom. The third-order valence-corrected chi connectivity index (χ3v) is 6.05. The highest BCUT2D eigenvalue weighted by molar-refractivity contribution is 9.10. The van der Waals surface area contributed by atoms with Gasteiger partial charge in [0.25, 0.3) is 0 Å². The Kier molecular flexibility index (Phi) is 5.21. The van der Waals surface area contributed by atoms with Crippen molar-refractivity contribution in [3.63, 3.8) is 0 Å². The van der Waals surface area contributed by atoms with Gasteiger partial charge in [0.2, 0.25) is 0 Å². The third kappa shape index (κ3) is 3.47. The Bertz CT molecular complexity index is 429. The molecule has 1 atom stereocenters. The van der Waals surface area contributed by atoms with Crippen LogP contribution in [0.15, 0.2) is 22.7 Å². The van der Waals surface area contributed by atoms with Gasteiger partial charge in [0.15, 0.2) is 0 Å². The molecule has 0 heterocycles. The predicted molar refractivity (Wildman–Crippen MR) is 86.9 cm³/mol. The standard InChI is InChI=1S/C15H22BrNOS/c1-3-13(12-9-11(16)5-6-14(12)18)17-10-15(19-2)7-4-8-15/h5-6,9,13,17-18H,3-4,7-8,10H2,1-2H3. The number of nitrogens with one attached hydrogen (secondary N) is 1. The smallest absolute Gasteiger partial charge is 0.120 e. The molecule has 1 unspecified atom stereocenters. The number of rotatable bonds is 6. The lowest BCUT2D eigenvalue weighted by atomic mass is 9.84. The molecule has 1 aliphatic rings. The molecule has 2 N–H and O–H groups in total. The number of thioether (sulfide) groups is 1. The zero-order valence-electron chi connectivity index (χ0n) is 11.6. The molecule has 0 amide bonds. The van der Waals surface area contributed by atoms with Gasteiger partial charge in [-0.1, -0.05) is 29.3 Å². The highest BCUT2D eigenvalue weighted by Crippen LogP contribution is 2.42. The second-order valence-electron chi connectivity index (χ2n) is 5.29. The molecular formula is C15H22BrNOS. The second kappa shape index (κ2) is 6.51. The molecular weight excluding hydrogens is 322 g/mol. The minimum absolute atomic E-state index is 0.224. The van der Waals surface area contributed by atoms with Crippen LogP contribution in [0.3, 0.4) is 0 Å². The minimum Gasteiger partial charge on any atom is -0.508 e. The molecule has 4 heteroatoms. The van der Waals surface area contributed by atoms with Gasteiger partial charge in [-0.05, 0) is 43.7 Å². The summed E-state index contributed by atoms with van der Waals surface area (Å²) < 4.78 is 1.44. The Morgan fingerprint density at radius 2 is 2.21 bits per heavy atom. The van der Waals surface area contributed by atoms with Crippen molar-refractivity contribution in [1.82, 2.24) is 5.32 Å². The molecule has 2 nitrogen and oxygen atoms in total. The molecule has 1 saturated carbocycles. The SMILES string of the molecule is CCC(NCC1(SC)CCC1)c1cc(Br)ccc1O. The maximum Gasteiger partial charge on any atom is 0.120 e. The molecule has 0 radical (unpaired) electrons.